The molecule has 0 saturated heterocycles. The molecule has 2 aromatic rings. The molecule has 2 aromatic carbocycles. The Morgan fingerprint density at radius 1 is 1.13 bits per heavy atom. The third-order valence-electron chi connectivity index (χ3n) is 3.93. The second-order valence-electron chi connectivity index (χ2n) is 5.60. The van der Waals surface area contributed by atoms with E-state index < -0.39 is 0 Å². The van der Waals surface area contributed by atoms with Gasteiger partial charge in [-0.15, -0.1) is 0 Å². The molecule has 0 aliphatic heterocycles. The van der Waals surface area contributed by atoms with E-state index in [4.69, 9.17) is 0 Å². The average molecular weight is 375 g/mol. The van der Waals surface area contributed by atoms with E-state index in [1.54, 1.807) is 0 Å². The topological polar surface area (TPSA) is 41.1 Å². The minimum absolute atomic E-state index is 0.0174. The van der Waals surface area contributed by atoms with Gasteiger partial charge in [0.25, 0.3) is 0 Å². The van der Waals surface area contributed by atoms with Crippen LogP contribution in [0.1, 0.15) is 36.1 Å². The predicted octanol–water partition coefficient (Wildman–Crippen LogP) is 4.11. The zero-order chi connectivity index (χ0) is 16.7. The standard InChI is InChI=1S/C19H23BrN2O/c1-3-18(15-8-10-17(20)11-9-15)21-13-19(23)22-12-16-7-5-4-6-14(16)2/h4-11,18,21H,3,12-13H2,1-2H3,(H,22,23)/t18-/m1/s1. The molecule has 0 bridgehead atoms. The quantitative estimate of drug-likeness (QED) is 0.765. The van der Waals surface area contributed by atoms with Gasteiger partial charge in [-0.3, -0.25) is 4.79 Å². The van der Waals surface area contributed by atoms with Crippen LogP contribution in [0.4, 0.5) is 0 Å². The maximum Gasteiger partial charge on any atom is 0.234 e. The Labute approximate surface area is 146 Å². The van der Waals surface area contributed by atoms with Crippen molar-refractivity contribution in [2.45, 2.75) is 32.9 Å². The normalized spacial score (nSPS) is 12.0. The number of rotatable bonds is 7. The average Bonchev–Trinajstić information content (AvgIpc) is 2.56. The minimum Gasteiger partial charge on any atom is -0.351 e. The van der Waals surface area contributed by atoms with Gasteiger partial charge >= 0.3 is 0 Å². The molecule has 0 heterocycles. The van der Waals surface area contributed by atoms with Crippen molar-refractivity contribution in [3.8, 4) is 0 Å². The second kappa shape index (κ2) is 8.85. The summed E-state index contributed by atoms with van der Waals surface area (Å²) in [6.45, 7) is 5.06. The van der Waals surface area contributed by atoms with Gasteiger partial charge in [0.15, 0.2) is 0 Å². The highest BCUT2D eigenvalue weighted by Gasteiger charge is 2.10. The molecule has 23 heavy (non-hydrogen) atoms. The van der Waals surface area contributed by atoms with E-state index in [1.165, 1.54) is 11.1 Å². The Balaban J connectivity index is 1.83. The Bertz CT molecular complexity index is 640. The number of carbonyl (C=O) groups excluding carboxylic acids is 1. The number of carbonyl (C=O) groups is 1. The van der Waals surface area contributed by atoms with Crippen LogP contribution in [0.2, 0.25) is 0 Å². The first kappa shape index (κ1) is 17.7. The van der Waals surface area contributed by atoms with E-state index in [1.807, 2.05) is 30.3 Å². The number of aryl methyl sites for hydroxylation is 1. The number of nitrogens with one attached hydrogen (secondary N) is 2. The van der Waals surface area contributed by atoms with E-state index in [-0.39, 0.29) is 11.9 Å². The first-order chi connectivity index (χ1) is 11.1. The molecule has 0 fully saturated rings. The first-order valence-corrected chi connectivity index (χ1v) is 8.69. The second-order valence-corrected chi connectivity index (χ2v) is 6.51. The maximum atomic E-state index is 12.1. The summed E-state index contributed by atoms with van der Waals surface area (Å²) in [7, 11) is 0. The van der Waals surface area contributed by atoms with Gasteiger partial charge in [-0.05, 0) is 42.2 Å². The molecule has 0 aromatic heterocycles. The molecule has 2 rings (SSSR count). The molecule has 1 amide bonds. The fraction of sp³-hybridized carbons (Fsp3) is 0.316. The summed E-state index contributed by atoms with van der Waals surface area (Å²) in [5, 5.41) is 6.30. The summed E-state index contributed by atoms with van der Waals surface area (Å²) in [6, 6.07) is 16.5. The first-order valence-electron chi connectivity index (χ1n) is 7.90. The van der Waals surface area contributed by atoms with Crippen molar-refractivity contribution >= 4 is 21.8 Å². The highest BCUT2D eigenvalue weighted by atomic mass is 79.9. The number of hydrogen-bond donors (Lipinski definition) is 2. The van der Waals surface area contributed by atoms with Crippen LogP contribution in [0.3, 0.4) is 0 Å². The lowest BCUT2D eigenvalue weighted by molar-refractivity contribution is -0.120. The fourth-order valence-electron chi connectivity index (χ4n) is 2.47. The highest BCUT2D eigenvalue weighted by molar-refractivity contribution is 9.10. The lowest BCUT2D eigenvalue weighted by Crippen LogP contribution is -2.35. The van der Waals surface area contributed by atoms with Crippen LogP contribution in [-0.4, -0.2) is 12.5 Å². The fourth-order valence-corrected chi connectivity index (χ4v) is 2.74. The van der Waals surface area contributed by atoms with E-state index in [9.17, 15) is 4.79 Å². The molecule has 2 N–H and O–H groups in total. The molecule has 4 heteroatoms. The molecule has 0 saturated carbocycles. The maximum absolute atomic E-state index is 12.1. The van der Waals surface area contributed by atoms with E-state index >= 15 is 0 Å². The molecule has 0 aliphatic carbocycles. The number of benzene rings is 2. The van der Waals surface area contributed by atoms with Crippen molar-refractivity contribution < 1.29 is 4.79 Å². The largest absolute Gasteiger partial charge is 0.351 e. The van der Waals surface area contributed by atoms with Gasteiger partial charge in [0, 0.05) is 17.1 Å². The zero-order valence-corrected chi connectivity index (χ0v) is 15.2. The molecule has 0 unspecified atom stereocenters. The third kappa shape index (κ3) is 5.48. The van der Waals surface area contributed by atoms with Crippen LogP contribution in [0.5, 0.6) is 0 Å². The van der Waals surface area contributed by atoms with Gasteiger partial charge in [-0.25, -0.2) is 0 Å². The van der Waals surface area contributed by atoms with Crippen LogP contribution in [0.25, 0.3) is 0 Å². The number of halogens is 1. The number of hydrogen-bond acceptors (Lipinski definition) is 2. The van der Waals surface area contributed by atoms with E-state index in [0.29, 0.717) is 13.1 Å². The number of amides is 1. The lowest BCUT2D eigenvalue weighted by atomic mass is 10.0. The van der Waals surface area contributed by atoms with E-state index in [0.717, 1.165) is 16.5 Å². The molecule has 0 aliphatic rings. The van der Waals surface area contributed by atoms with Crippen molar-refractivity contribution in [2.24, 2.45) is 0 Å². The molecule has 0 radical (unpaired) electrons. The minimum atomic E-state index is 0.0174. The van der Waals surface area contributed by atoms with Gasteiger partial charge in [0.05, 0.1) is 6.54 Å². The smallest absolute Gasteiger partial charge is 0.234 e. The monoisotopic (exact) mass is 374 g/mol. The Morgan fingerprint density at radius 3 is 2.48 bits per heavy atom. The van der Waals surface area contributed by atoms with Crippen LogP contribution >= 0.6 is 15.9 Å². The Hall–Kier alpha value is -1.65. The van der Waals surface area contributed by atoms with Crippen molar-refractivity contribution in [1.29, 1.82) is 0 Å². The summed E-state index contributed by atoms with van der Waals surface area (Å²) in [4.78, 5) is 12.1. The van der Waals surface area contributed by atoms with Crippen molar-refractivity contribution in [2.75, 3.05) is 6.54 Å². The molecule has 122 valence electrons. The Morgan fingerprint density at radius 2 is 1.83 bits per heavy atom. The molecule has 1 atom stereocenters. The predicted molar refractivity (Wildman–Crippen MR) is 98.2 cm³/mol. The van der Waals surface area contributed by atoms with Crippen LogP contribution in [0, 0.1) is 6.92 Å². The zero-order valence-electron chi connectivity index (χ0n) is 13.6. The lowest BCUT2D eigenvalue weighted by Gasteiger charge is -2.17. The van der Waals surface area contributed by atoms with Gasteiger partial charge in [-0.2, -0.15) is 0 Å². The van der Waals surface area contributed by atoms with Crippen LogP contribution in [-0.2, 0) is 11.3 Å². The van der Waals surface area contributed by atoms with Gasteiger partial charge in [0.1, 0.15) is 0 Å². The van der Waals surface area contributed by atoms with Gasteiger partial charge in [0.2, 0.25) is 5.91 Å². The molecular formula is C19H23BrN2O. The van der Waals surface area contributed by atoms with Crippen LogP contribution < -0.4 is 10.6 Å². The molecule has 3 nitrogen and oxygen atoms in total. The summed E-state index contributed by atoms with van der Waals surface area (Å²) in [5.41, 5.74) is 3.55. The molecule has 0 spiro atoms. The van der Waals surface area contributed by atoms with Gasteiger partial charge in [-0.1, -0.05) is 59.3 Å². The SMILES string of the molecule is CC[C@@H](NCC(=O)NCc1ccccc1C)c1ccc(Br)cc1. The van der Waals surface area contributed by atoms with Crippen molar-refractivity contribution in [3.05, 3.63) is 69.7 Å². The van der Waals surface area contributed by atoms with Crippen LogP contribution in [0.15, 0.2) is 53.0 Å². The molecular weight excluding hydrogens is 352 g/mol. The highest BCUT2D eigenvalue weighted by Crippen LogP contribution is 2.19. The summed E-state index contributed by atoms with van der Waals surface area (Å²) < 4.78 is 1.06. The summed E-state index contributed by atoms with van der Waals surface area (Å²) >= 11 is 3.44. The van der Waals surface area contributed by atoms with Crippen molar-refractivity contribution in [3.63, 3.8) is 0 Å². The third-order valence-corrected chi connectivity index (χ3v) is 4.46. The van der Waals surface area contributed by atoms with Gasteiger partial charge < -0.3 is 10.6 Å². The van der Waals surface area contributed by atoms with Crippen molar-refractivity contribution in [1.82, 2.24) is 10.6 Å². The summed E-state index contributed by atoms with van der Waals surface area (Å²) in [5.74, 6) is 0.0174. The Kier molecular flexibility index (Phi) is 6.81. The van der Waals surface area contributed by atoms with E-state index in [2.05, 4.69) is 58.6 Å². The summed E-state index contributed by atoms with van der Waals surface area (Å²) in [6.07, 6.45) is 0.937.